The van der Waals surface area contributed by atoms with Gasteiger partial charge in [-0.15, -0.1) is 0 Å². The van der Waals surface area contributed by atoms with Crippen molar-refractivity contribution >= 4 is 0 Å². The summed E-state index contributed by atoms with van der Waals surface area (Å²) in [6.07, 6.45) is 0. The molecule has 2 N–H and O–H groups in total. The van der Waals surface area contributed by atoms with Crippen molar-refractivity contribution in [2.45, 2.75) is 6.48 Å². The van der Waals surface area contributed by atoms with Gasteiger partial charge < -0.3 is 9.84 Å². The molecule has 4 heteroatoms. The van der Waals surface area contributed by atoms with Crippen LogP contribution in [0.4, 0.5) is 0 Å². The summed E-state index contributed by atoms with van der Waals surface area (Å²) >= 11 is 0. The number of ether oxygens (including phenoxy) is 1. The standard InChI is InChI=1S/C2H6O4/c1-5-2(3)6-4/h2-4H,1H3. The van der Waals surface area contributed by atoms with E-state index in [-0.39, 0.29) is 0 Å². The van der Waals surface area contributed by atoms with Crippen LogP contribution in [0.2, 0.25) is 0 Å². The fourth-order valence-corrected chi connectivity index (χ4v) is 0.0430. The molecule has 0 spiro atoms. The Bertz CT molecular complexity index is 24.7. The summed E-state index contributed by atoms with van der Waals surface area (Å²) in [5.74, 6) is 0. The Balaban J connectivity index is 2.75. The summed E-state index contributed by atoms with van der Waals surface area (Å²) in [6, 6.07) is 0. The number of rotatable bonds is 2. The number of hydrogen-bond acceptors (Lipinski definition) is 4. The van der Waals surface area contributed by atoms with Crippen LogP contribution in [0.1, 0.15) is 0 Å². The summed E-state index contributed by atoms with van der Waals surface area (Å²) in [5, 5.41) is 15.4. The van der Waals surface area contributed by atoms with Crippen molar-refractivity contribution in [2.24, 2.45) is 0 Å². The van der Waals surface area contributed by atoms with E-state index in [0.29, 0.717) is 0 Å². The molecular weight excluding hydrogens is 88.0 g/mol. The molecule has 0 saturated carbocycles. The molecular formula is C2H6O4. The van der Waals surface area contributed by atoms with Gasteiger partial charge in [0.2, 0.25) is 0 Å². The first-order valence-corrected chi connectivity index (χ1v) is 1.32. The van der Waals surface area contributed by atoms with Gasteiger partial charge in [0, 0.05) is 7.11 Å². The molecule has 0 aliphatic carbocycles. The van der Waals surface area contributed by atoms with E-state index in [4.69, 9.17) is 10.4 Å². The van der Waals surface area contributed by atoms with E-state index in [1.54, 1.807) is 0 Å². The van der Waals surface area contributed by atoms with Crippen molar-refractivity contribution in [1.29, 1.82) is 0 Å². The molecule has 38 valence electrons. The molecule has 0 radical (unpaired) electrons. The van der Waals surface area contributed by atoms with Gasteiger partial charge in [0.15, 0.2) is 0 Å². The highest BCUT2D eigenvalue weighted by atomic mass is 17.2. The van der Waals surface area contributed by atoms with Crippen molar-refractivity contribution in [3.63, 3.8) is 0 Å². The SMILES string of the molecule is COC(O)OO. The van der Waals surface area contributed by atoms with E-state index < -0.39 is 6.48 Å². The van der Waals surface area contributed by atoms with Crippen LogP contribution in [0.5, 0.6) is 0 Å². The number of hydrogen-bond donors (Lipinski definition) is 2. The van der Waals surface area contributed by atoms with Gasteiger partial charge >= 0.3 is 0 Å². The average Bonchev–Trinajstić information content (AvgIpc) is 1.65. The van der Waals surface area contributed by atoms with E-state index in [1.165, 1.54) is 7.11 Å². The highest BCUT2D eigenvalue weighted by molar-refractivity contribution is 3.94. The van der Waals surface area contributed by atoms with Crippen molar-refractivity contribution in [2.75, 3.05) is 7.11 Å². The first-order chi connectivity index (χ1) is 2.81. The Morgan fingerprint density at radius 2 is 2.17 bits per heavy atom. The summed E-state index contributed by atoms with van der Waals surface area (Å²) < 4.78 is 3.98. The quantitative estimate of drug-likeness (QED) is 0.272. The van der Waals surface area contributed by atoms with Crippen LogP contribution in [-0.2, 0) is 9.62 Å². The zero-order chi connectivity index (χ0) is 4.99. The average molecular weight is 94.1 g/mol. The molecule has 1 unspecified atom stereocenters. The zero-order valence-electron chi connectivity index (χ0n) is 3.29. The molecule has 0 aliphatic heterocycles. The zero-order valence-corrected chi connectivity index (χ0v) is 3.29. The minimum absolute atomic E-state index is 1.20. The molecule has 0 aliphatic rings. The van der Waals surface area contributed by atoms with Gasteiger partial charge in [0.25, 0.3) is 6.48 Å². The third-order valence-corrected chi connectivity index (χ3v) is 0.292. The lowest BCUT2D eigenvalue weighted by Gasteiger charge is -1.98. The van der Waals surface area contributed by atoms with Gasteiger partial charge in [-0.3, -0.25) is 0 Å². The van der Waals surface area contributed by atoms with Crippen molar-refractivity contribution in [3.05, 3.63) is 0 Å². The van der Waals surface area contributed by atoms with Gasteiger partial charge in [-0.25, -0.2) is 5.26 Å². The smallest absolute Gasteiger partial charge is 0.298 e. The van der Waals surface area contributed by atoms with Crippen LogP contribution < -0.4 is 0 Å². The number of aliphatic hydroxyl groups excluding tert-OH is 1. The third kappa shape index (κ3) is 2.10. The second-order valence-electron chi connectivity index (χ2n) is 0.648. The molecule has 1 atom stereocenters. The third-order valence-electron chi connectivity index (χ3n) is 0.292. The number of methoxy groups -OCH3 is 1. The van der Waals surface area contributed by atoms with Gasteiger partial charge in [-0.05, 0) is 0 Å². The minimum Gasteiger partial charge on any atom is -0.344 e. The van der Waals surface area contributed by atoms with Crippen LogP contribution in [0, 0.1) is 0 Å². The van der Waals surface area contributed by atoms with E-state index >= 15 is 0 Å². The molecule has 0 fully saturated rings. The van der Waals surface area contributed by atoms with Crippen molar-refractivity contribution < 1.29 is 20.0 Å². The Morgan fingerprint density at radius 3 is 2.17 bits per heavy atom. The van der Waals surface area contributed by atoms with Crippen LogP contribution in [0.3, 0.4) is 0 Å². The molecule has 4 nitrogen and oxygen atoms in total. The lowest BCUT2D eigenvalue weighted by Crippen LogP contribution is -2.10. The van der Waals surface area contributed by atoms with Gasteiger partial charge in [0.05, 0.1) is 0 Å². The summed E-state index contributed by atoms with van der Waals surface area (Å²) in [4.78, 5) is 3.23. The van der Waals surface area contributed by atoms with Crippen LogP contribution in [-0.4, -0.2) is 23.9 Å². The van der Waals surface area contributed by atoms with Gasteiger partial charge in [-0.2, -0.15) is 4.89 Å². The molecule has 0 saturated heterocycles. The first kappa shape index (κ1) is 5.84. The van der Waals surface area contributed by atoms with Crippen molar-refractivity contribution in [3.8, 4) is 0 Å². The van der Waals surface area contributed by atoms with E-state index in [0.717, 1.165) is 0 Å². The van der Waals surface area contributed by atoms with Crippen LogP contribution in [0.15, 0.2) is 0 Å². The molecule has 0 amide bonds. The highest BCUT2D eigenvalue weighted by Crippen LogP contribution is 1.77. The Hall–Kier alpha value is -0.160. The van der Waals surface area contributed by atoms with Gasteiger partial charge in [-0.1, -0.05) is 0 Å². The Morgan fingerprint density at radius 1 is 1.67 bits per heavy atom. The minimum atomic E-state index is -1.51. The fraction of sp³-hybridized carbons (Fsp3) is 1.00. The predicted molar refractivity (Wildman–Crippen MR) is 16.7 cm³/mol. The second kappa shape index (κ2) is 3.05. The van der Waals surface area contributed by atoms with E-state index in [9.17, 15) is 0 Å². The molecule has 0 aromatic heterocycles. The maximum atomic E-state index is 7.97. The van der Waals surface area contributed by atoms with Gasteiger partial charge in [0.1, 0.15) is 0 Å². The lowest BCUT2D eigenvalue weighted by molar-refractivity contribution is -0.406. The fourth-order valence-electron chi connectivity index (χ4n) is 0.0430. The predicted octanol–water partition coefficient (Wildman–Crippen LogP) is -0.602. The topological polar surface area (TPSA) is 58.9 Å². The Labute approximate surface area is 34.8 Å². The molecule has 0 bridgehead atoms. The van der Waals surface area contributed by atoms with Crippen LogP contribution >= 0.6 is 0 Å². The van der Waals surface area contributed by atoms with E-state index in [2.05, 4.69) is 9.62 Å². The normalized spacial score (nSPS) is 14.5. The molecule has 6 heavy (non-hydrogen) atoms. The molecule has 0 heterocycles. The summed E-state index contributed by atoms with van der Waals surface area (Å²) in [7, 11) is 1.20. The lowest BCUT2D eigenvalue weighted by atomic mass is 11.3. The summed E-state index contributed by atoms with van der Waals surface area (Å²) in [6.45, 7) is -1.51. The highest BCUT2D eigenvalue weighted by Gasteiger charge is 1.93. The monoisotopic (exact) mass is 94.0 g/mol. The number of aliphatic hydroxyl groups is 1. The van der Waals surface area contributed by atoms with E-state index in [1.807, 2.05) is 0 Å². The second-order valence-corrected chi connectivity index (χ2v) is 0.648. The van der Waals surface area contributed by atoms with Crippen molar-refractivity contribution in [1.82, 2.24) is 0 Å². The maximum absolute atomic E-state index is 7.97. The first-order valence-electron chi connectivity index (χ1n) is 1.32. The molecule has 0 rings (SSSR count). The maximum Gasteiger partial charge on any atom is 0.298 e. The molecule has 0 aromatic rings. The van der Waals surface area contributed by atoms with Crippen LogP contribution in [0.25, 0.3) is 0 Å². The summed E-state index contributed by atoms with van der Waals surface area (Å²) in [5.41, 5.74) is 0. The molecule has 0 aromatic carbocycles. The Kier molecular flexibility index (Phi) is 2.97. The largest absolute Gasteiger partial charge is 0.344 e.